The maximum atomic E-state index is 13.2. The molecule has 0 spiro atoms. The van der Waals surface area contributed by atoms with Crippen LogP contribution in [0.2, 0.25) is 5.02 Å². The first-order valence-corrected chi connectivity index (χ1v) is 12.0. The van der Waals surface area contributed by atoms with Crippen LogP contribution >= 0.6 is 23.4 Å². The van der Waals surface area contributed by atoms with Crippen molar-refractivity contribution in [2.75, 3.05) is 10.6 Å². The number of anilines is 2. The molecular formula is C28H23ClN2O2S. The lowest BCUT2D eigenvalue weighted by Gasteiger charge is -2.18. The van der Waals surface area contributed by atoms with Crippen molar-refractivity contribution in [2.24, 2.45) is 0 Å². The highest BCUT2D eigenvalue weighted by atomic mass is 35.5. The molecule has 0 saturated carbocycles. The summed E-state index contributed by atoms with van der Waals surface area (Å²) >= 11 is 7.50. The molecule has 4 aromatic carbocycles. The van der Waals surface area contributed by atoms with Crippen LogP contribution in [0, 0.1) is 0 Å². The normalized spacial score (nSPS) is 11.4. The van der Waals surface area contributed by atoms with Gasteiger partial charge in [0.05, 0.1) is 6.42 Å². The largest absolute Gasteiger partial charge is 0.326 e. The zero-order valence-corrected chi connectivity index (χ0v) is 19.9. The molecule has 1 unspecified atom stereocenters. The minimum Gasteiger partial charge on any atom is -0.326 e. The molecule has 34 heavy (non-hydrogen) atoms. The molecule has 2 N–H and O–H groups in total. The van der Waals surface area contributed by atoms with Crippen molar-refractivity contribution in [1.82, 2.24) is 0 Å². The van der Waals surface area contributed by atoms with Gasteiger partial charge in [-0.2, -0.15) is 0 Å². The van der Waals surface area contributed by atoms with Crippen LogP contribution < -0.4 is 10.6 Å². The predicted molar refractivity (Wildman–Crippen MR) is 140 cm³/mol. The Labute approximate surface area is 208 Å². The summed E-state index contributed by atoms with van der Waals surface area (Å²) in [5.74, 6) is -0.247. The molecule has 0 bridgehead atoms. The Balaban J connectivity index is 1.50. The molecule has 0 aromatic heterocycles. The highest BCUT2D eigenvalue weighted by molar-refractivity contribution is 8.00. The number of hydrogen-bond acceptors (Lipinski definition) is 3. The predicted octanol–water partition coefficient (Wildman–Crippen LogP) is 6.99. The molecule has 4 nitrogen and oxygen atoms in total. The van der Waals surface area contributed by atoms with Crippen LogP contribution in [0.4, 0.5) is 11.4 Å². The Morgan fingerprint density at radius 2 is 1.38 bits per heavy atom. The van der Waals surface area contributed by atoms with Crippen LogP contribution in [-0.2, 0) is 16.0 Å². The summed E-state index contributed by atoms with van der Waals surface area (Å²) in [6.45, 7) is 0. The smallest absolute Gasteiger partial charge is 0.242 e. The average Bonchev–Trinajstić information content (AvgIpc) is 2.84. The lowest BCUT2D eigenvalue weighted by atomic mass is 10.1. The van der Waals surface area contributed by atoms with Crippen LogP contribution in [0.25, 0.3) is 0 Å². The van der Waals surface area contributed by atoms with Crippen LogP contribution in [-0.4, -0.2) is 11.8 Å². The standard InChI is InChI=1S/C28H23ClN2O2S/c29-22-13-7-14-23(18-22)31-28(33)27(21-11-5-2-6-12-21)34-25-16-8-15-24(19-25)30-26(32)17-20-9-3-1-4-10-20/h1-16,18-19,27H,17H2,(H,30,32)(H,31,33). The minimum atomic E-state index is -0.490. The molecule has 0 radical (unpaired) electrons. The van der Waals surface area contributed by atoms with Crippen molar-refractivity contribution in [3.8, 4) is 0 Å². The van der Waals surface area contributed by atoms with Crippen LogP contribution in [0.1, 0.15) is 16.4 Å². The van der Waals surface area contributed by atoms with Gasteiger partial charge in [-0.15, -0.1) is 11.8 Å². The van der Waals surface area contributed by atoms with E-state index in [0.717, 1.165) is 16.0 Å². The number of benzene rings is 4. The summed E-state index contributed by atoms with van der Waals surface area (Å²) in [5, 5.41) is 5.98. The third-order valence-corrected chi connectivity index (χ3v) is 6.49. The van der Waals surface area contributed by atoms with E-state index in [0.29, 0.717) is 22.8 Å². The van der Waals surface area contributed by atoms with Gasteiger partial charge in [0, 0.05) is 21.3 Å². The minimum absolute atomic E-state index is 0.0911. The van der Waals surface area contributed by atoms with E-state index < -0.39 is 5.25 Å². The van der Waals surface area contributed by atoms with Gasteiger partial charge in [-0.25, -0.2) is 0 Å². The third-order valence-electron chi connectivity index (χ3n) is 5.01. The van der Waals surface area contributed by atoms with E-state index in [4.69, 9.17) is 11.6 Å². The highest BCUT2D eigenvalue weighted by Gasteiger charge is 2.22. The first-order chi connectivity index (χ1) is 16.6. The van der Waals surface area contributed by atoms with Crippen molar-refractivity contribution >= 4 is 46.6 Å². The first kappa shape index (κ1) is 23.6. The summed E-state index contributed by atoms with van der Waals surface area (Å²) in [6.07, 6.45) is 0.299. The summed E-state index contributed by atoms with van der Waals surface area (Å²) in [4.78, 5) is 26.6. The number of nitrogens with one attached hydrogen (secondary N) is 2. The number of thioether (sulfide) groups is 1. The number of halogens is 1. The maximum absolute atomic E-state index is 13.2. The van der Waals surface area contributed by atoms with E-state index in [2.05, 4.69) is 10.6 Å². The lowest BCUT2D eigenvalue weighted by molar-refractivity contribution is -0.116. The average molecular weight is 487 g/mol. The molecule has 0 heterocycles. The quantitative estimate of drug-likeness (QED) is 0.264. The molecule has 1 atom stereocenters. The van der Waals surface area contributed by atoms with E-state index in [9.17, 15) is 9.59 Å². The summed E-state index contributed by atoms with van der Waals surface area (Å²) in [5.41, 5.74) is 3.16. The van der Waals surface area contributed by atoms with E-state index in [1.807, 2.05) is 84.9 Å². The summed E-state index contributed by atoms with van der Waals surface area (Å²) in [6, 6.07) is 33.8. The maximum Gasteiger partial charge on any atom is 0.242 e. The summed E-state index contributed by atoms with van der Waals surface area (Å²) < 4.78 is 0. The molecule has 4 rings (SSSR count). The van der Waals surface area contributed by atoms with Gasteiger partial charge >= 0.3 is 0 Å². The SMILES string of the molecule is O=C(Cc1ccccc1)Nc1cccc(SC(C(=O)Nc2cccc(Cl)c2)c2ccccc2)c1. The molecule has 0 aliphatic carbocycles. The first-order valence-electron chi connectivity index (χ1n) is 10.8. The fraction of sp³-hybridized carbons (Fsp3) is 0.0714. The fourth-order valence-corrected chi connectivity index (χ4v) is 4.72. The van der Waals surface area contributed by atoms with E-state index in [-0.39, 0.29) is 11.8 Å². The molecule has 0 aliphatic rings. The molecule has 0 aliphatic heterocycles. The van der Waals surface area contributed by atoms with Crippen molar-refractivity contribution < 1.29 is 9.59 Å². The van der Waals surface area contributed by atoms with E-state index in [1.165, 1.54) is 11.8 Å². The number of amides is 2. The van der Waals surface area contributed by atoms with Gasteiger partial charge < -0.3 is 10.6 Å². The monoisotopic (exact) mass is 486 g/mol. The van der Waals surface area contributed by atoms with Gasteiger partial charge in [-0.05, 0) is 47.5 Å². The Hall–Kier alpha value is -3.54. The van der Waals surface area contributed by atoms with Gasteiger partial charge in [0.2, 0.25) is 11.8 Å². The zero-order chi connectivity index (χ0) is 23.8. The Kier molecular flexibility index (Phi) is 8.02. The Morgan fingerprint density at radius 3 is 2.09 bits per heavy atom. The molecule has 170 valence electrons. The lowest BCUT2D eigenvalue weighted by Crippen LogP contribution is -2.19. The van der Waals surface area contributed by atoms with Gasteiger partial charge in [-0.1, -0.05) is 84.4 Å². The second-order valence-electron chi connectivity index (χ2n) is 7.65. The van der Waals surface area contributed by atoms with E-state index >= 15 is 0 Å². The number of carbonyl (C=O) groups excluding carboxylic acids is 2. The Morgan fingerprint density at radius 1 is 0.735 bits per heavy atom. The van der Waals surface area contributed by atoms with Crippen molar-refractivity contribution in [3.05, 3.63) is 125 Å². The van der Waals surface area contributed by atoms with Crippen LogP contribution in [0.15, 0.2) is 114 Å². The second-order valence-corrected chi connectivity index (χ2v) is 9.26. The van der Waals surface area contributed by atoms with Gasteiger partial charge in [-0.3, -0.25) is 9.59 Å². The van der Waals surface area contributed by atoms with Crippen molar-refractivity contribution in [1.29, 1.82) is 0 Å². The molecule has 4 aromatic rings. The molecule has 0 fully saturated rings. The van der Waals surface area contributed by atoms with Crippen molar-refractivity contribution in [3.63, 3.8) is 0 Å². The summed E-state index contributed by atoms with van der Waals surface area (Å²) in [7, 11) is 0. The highest BCUT2D eigenvalue weighted by Crippen LogP contribution is 2.37. The molecular weight excluding hydrogens is 464 g/mol. The van der Waals surface area contributed by atoms with Gasteiger partial charge in [0.1, 0.15) is 5.25 Å². The number of hydrogen-bond donors (Lipinski definition) is 2. The zero-order valence-electron chi connectivity index (χ0n) is 18.3. The second kappa shape index (κ2) is 11.5. The number of rotatable bonds is 8. The Bertz CT molecular complexity index is 1270. The molecule has 0 saturated heterocycles. The van der Waals surface area contributed by atoms with Crippen molar-refractivity contribution in [2.45, 2.75) is 16.6 Å². The fourth-order valence-electron chi connectivity index (χ4n) is 3.44. The van der Waals surface area contributed by atoms with Gasteiger partial charge in [0.15, 0.2) is 0 Å². The number of carbonyl (C=O) groups is 2. The van der Waals surface area contributed by atoms with E-state index in [1.54, 1.807) is 24.3 Å². The molecule has 2 amide bonds. The topological polar surface area (TPSA) is 58.2 Å². The van der Waals surface area contributed by atoms with Crippen LogP contribution in [0.5, 0.6) is 0 Å². The molecule has 6 heteroatoms. The van der Waals surface area contributed by atoms with Gasteiger partial charge in [0.25, 0.3) is 0 Å². The van der Waals surface area contributed by atoms with Crippen LogP contribution in [0.3, 0.4) is 0 Å². The third kappa shape index (κ3) is 6.73.